The van der Waals surface area contributed by atoms with Gasteiger partial charge in [0.1, 0.15) is 0 Å². The molecule has 0 bridgehead atoms. The van der Waals surface area contributed by atoms with Crippen molar-refractivity contribution in [2.45, 2.75) is 8.02 Å². The number of hydrogen-bond donors (Lipinski definition) is 1. The second-order valence-corrected chi connectivity index (χ2v) is 7.16. The van der Waals surface area contributed by atoms with Crippen molar-refractivity contribution in [3.63, 3.8) is 0 Å². The van der Waals surface area contributed by atoms with Crippen LogP contribution in [-0.2, 0) is 0 Å². The highest BCUT2D eigenvalue weighted by molar-refractivity contribution is 8.15. The van der Waals surface area contributed by atoms with E-state index >= 15 is 0 Å². The van der Waals surface area contributed by atoms with Gasteiger partial charge in [-0.25, -0.2) is 4.13 Å². The normalized spacial score (nSPS) is 11.6. The lowest BCUT2D eigenvalue weighted by molar-refractivity contribution is 1.45. The Balaban J connectivity index is 2.29. The van der Waals surface area contributed by atoms with E-state index < -0.39 is 3.12 Å². The molecule has 1 nitrogen and oxygen atoms in total. The quantitative estimate of drug-likeness (QED) is 0.653. The molecular weight excluding hydrogens is 269 g/mol. The number of rotatable bonds is 3. The van der Waals surface area contributed by atoms with Gasteiger partial charge in [-0.2, -0.15) is 0 Å². The molecule has 1 aromatic carbocycles. The lowest BCUT2D eigenvalue weighted by atomic mass is 10.4. The molecule has 1 rings (SSSR count). The standard InChI is InChI=1S/C7H6Cl3NS2/c8-7(9,10)13-11-12-6-4-2-1-3-5-6/h1-5,11H. The molecule has 6 heteroatoms. The SMILES string of the molecule is ClC(Cl)(Cl)SNSc1ccccc1. The first kappa shape index (κ1) is 11.8. The highest BCUT2D eigenvalue weighted by Gasteiger charge is 2.20. The monoisotopic (exact) mass is 273 g/mol. The minimum absolute atomic E-state index is 1.04. The molecule has 0 saturated heterocycles. The molecule has 0 saturated carbocycles. The van der Waals surface area contributed by atoms with Gasteiger partial charge in [0.05, 0.1) is 0 Å². The van der Waals surface area contributed by atoms with Crippen LogP contribution in [0.3, 0.4) is 0 Å². The van der Waals surface area contributed by atoms with Gasteiger partial charge in [-0.15, -0.1) is 0 Å². The lowest BCUT2D eigenvalue weighted by Gasteiger charge is -2.09. The highest BCUT2D eigenvalue weighted by Crippen LogP contribution is 2.38. The summed E-state index contributed by atoms with van der Waals surface area (Å²) in [5.41, 5.74) is 0. The number of benzene rings is 1. The molecule has 0 radical (unpaired) electrons. The van der Waals surface area contributed by atoms with Gasteiger partial charge >= 0.3 is 0 Å². The van der Waals surface area contributed by atoms with Crippen LogP contribution in [0.15, 0.2) is 35.2 Å². The average Bonchev–Trinajstić information content (AvgIpc) is 2.04. The fraction of sp³-hybridized carbons (Fsp3) is 0.143. The predicted octanol–water partition coefficient (Wildman–Crippen LogP) is 4.26. The molecule has 72 valence electrons. The van der Waals surface area contributed by atoms with E-state index in [9.17, 15) is 0 Å². The summed E-state index contributed by atoms with van der Waals surface area (Å²) in [6.45, 7) is 0. The van der Waals surface area contributed by atoms with Crippen LogP contribution in [0.4, 0.5) is 0 Å². The molecule has 0 spiro atoms. The average molecular weight is 275 g/mol. The largest absolute Gasteiger partial charge is 0.251 e. The third kappa shape index (κ3) is 5.94. The molecule has 1 aromatic rings. The molecule has 0 aliphatic heterocycles. The number of halogens is 3. The summed E-state index contributed by atoms with van der Waals surface area (Å²) >= 11 is 19.0. The van der Waals surface area contributed by atoms with E-state index in [1.807, 2.05) is 30.3 Å². The van der Waals surface area contributed by atoms with Gasteiger partial charge in [-0.3, -0.25) is 0 Å². The Bertz CT molecular complexity index is 250. The van der Waals surface area contributed by atoms with E-state index in [-0.39, 0.29) is 0 Å². The fourth-order valence-electron chi connectivity index (χ4n) is 0.605. The minimum Gasteiger partial charge on any atom is -0.200 e. The van der Waals surface area contributed by atoms with Crippen molar-refractivity contribution in [2.75, 3.05) is 0 Å². The van der Waals surface area contributed by atoms with Crippen molar-refractivity contribution in [1.29, 1.82) is 0 Å². The summed E-state index contributed by atoms with van der Waals surface area (Å²) in [4.78, 5) is 1.07. The van der Waals surface area contributed by atoms with E-state index in [0.717, 1.165) is 16.8 Å². The Labute approximate surface area is 101 Å². The van der Waals surface area contributed by atoms with Crippen molar-refractivity contribution in [3.8, 4) is 0 Å². The zero-order chi connectivity index (χ0) is 9.73. The molecule has 0 unspecified atom stereocenters. The summed E-state index contributed by atoms with van der Waals surface area (Å²) in [6.07, 6.45) is 0. The van der Waals surface area contributed by atoms with E-state index in [1.165, 1.54) is 11.9 Å². The van der Waals surface area contributed by atoms with Gasteiger partial charge in [0.15, 0.2) is 0 Å². The van der Waals surface area contributed by atoms with Crippen LogP contribution in [0, 0.1) is 0 Å². The van der Waals surface area contributed by atoms with Crippen molar-refractivity contribution in [3.05, 3.63) is 30.3 Å². The maximum absolute atomic E-state index is 5.52. The van der Waals surface area contributed by atoms with Gasteiger partial charge in [0.2, 0.25) is 0 Å². The van der Waals surface area contributed by atoms with Crippen LogP contribution in [0.5, 0.6) is 0 Å². The third-order valence-corrected chi connectivity index (χ3v) is 3.16. The molecule has 0 fully saturated rings. The van der Waals surface area contributed by atoms with Crippen molar-refractivity contribution in [1.82, 2.24) is 4.13 Å². The Morgan fingerprint density at radius 2 is 1.69 bits per heavy atom. The van der Waals surface area contributed by atoms with Gasteiger partial charge in [0.25, 0.3) is 3.12 Å². The van der Waals surface area contributed by atoms with Crippen LogP contribution in [0.2, 0.25) is 0 Å². The van der Waals surface area contributed by atoms with E-state index in [1.54, 1.807) is 0 Å². The Morgan fingerprint density at radius 1 is 1.08 bits per heavy atom. The topological polar surface area (TPSA) is 12.0 Å². The summed E-state index contributed by atoms with van der Waals surface area (Å²) in [5, 5.41) is 0. The number of hydrogen-bond acceptors (Lipinski definition) is 3. The number of nitrogens with one attached hydrogen (secondary N) is 1. The minimum atomic E-state index is -1.32. The Hall–Kier alpha value is 0.750. The van der Waals surface area contributed by atoms with Crippen LogP contribution < -0.4 is 4.13 Å². The predicted molar refractivity (Wildman–Crippen MR) is 63.3 cm³/mol. The third-order valence-electron chi connectivity index (χ3n) is 1.06. The first-order chi connectivity index (χ1) is 6.08. The van der Waals surface area contributed by atoms with Crippen molar-refractivity contribution >= 4 is 58.7 Å². The second-order valence-electron chi connectivity index (χ2n) is 2.05. The van der Waals surface area contributed by atoms with Crippen molar-refractivity contribution in [2.24, 2.45) is 0 Å². The Kier molecular flexibility index (Phi) is 5.08. The van der Waals surface area contributed by atoms with Crippen LogP contribution in [0.25, 0.3) is 0 Å². The van der Waals surface area contributed by atoms with Crippen LogP contribution in [0.1, 0.15) is 0 Å². The van der Waals surface area contributed by atoms with Gasteiger partial charge < -0.3 is 0 Å². The maximum atomic E-state index is 5.52. The lowest BCUT2D eigenvalue weighted by Crippen LogP contribution is -2.02. The number of alkyl halides is 3. The first-order valence-electron chi connectivity index (χ1n) is 3.29. The van der Waals surface area contributed by atoms with E-state index in [4.69, 9.17) is 34.8 Å². The molecule has 0 aromatic heterocycles. The Morgan fingerprint density at radius 3 is 2.23 bits per heavy atom. The van der Waals surface area contributed by atoms with Crippen LogP contribution >= 0.6 is 58.7 Å². The van der Waals surface area contributed by atoms with E-state index in [2.05, 4.69) is 4.13 Å². The van der Waals surface area contributed by atoms with E-state index in [0.29, 0.717) is 0 Å². The first-order valence-corrected chi connectivity index (χ1v) is 6.06. The fourth-order valence-corrected chi connectivity index (χ4v) is 2.68. The summed E-state index contributed by atoms with van der Waals surface area (Å²) in [7, 11) is 0. The summed E-state index contributed by atoms with van der Waals surface area (Å²) in [6, 6.07) is 9.79. The zero-order valence-electron chi connectivity index (χ0n) is 6.34. The molecular formula is C7H6Cl3NS2. The second kappa shape index (κ2) is 5.59. The molecule has 0 aliphatic rings. The molecule has 0 heterocycles. The molecule has 0 atom stereocenters. The van der Waals surface area contributed by atoms with Crippen molar-refractivity contribution < 1.29 is 0 Å². The highest BCUT2D eigenvalue weighted by atomic mass is 35.6. The smallest absolute Gasteiger partial charge is 0.200 e. The maximum Gasteiger partial charge on any atom is 0.251 e. The van der Waals surface area contributed by atoms with Gasteiger partial charge in [-0.1, -0.05) is 53.0 Å². The molecule has 0 aliphatic carbocycles. The van der Waals surface area contributed by atoms with Crippen LogP contribution in [-0.4, -0.2) is 3.12 Å². The summed E-state index contributed by atoms with van der Waals surface area (Å²) in [5.74, 6) is 0. The zero-order valence-corrected chi connectivity index (χ0v) is 10.2. The molecule has 0 amide bonds. The van der Waals surface area contributed by atoms with Gasteiger partial charge in [0, 0.05) is 4.90 Å². The summed E-state index contributed by atoms with van der Waals surface area (Å²) < 4.78 is 1.56. The molecule has 13 heavy (non-hydrogen) atoms. The molecule has 1 N–H and O–H groups in total. The van der Waals surface area contributed by atoms with Gasteiger partial charge in [-0.05, 0) is 36.0 Å².